The van der Waals surface area contributed by atoms with Crippen LogP contribution in [0, 0.1) is 17.8 Å². The standard InChI is InChI=1S/C18H22ClNO2/c1-22-17-3-2-14(19)9-16(17)18(21)20-10-13-5-11-4-12(6-13)8-15(20)7-11/h2-3,9,11-13,15H,4-8,10H2,1H3. The molecule has 1 aromatic rings. The Morgan fingerprint density at radius 3 is 2.50 bits per heavy atom. The smallest absolute Gasteiger partial charge is 0.257 e. The van der Waals surface area contributed by atoms with Crippen molar-refractivity contribution in [2.45, 2.75) is 38.1 Å². The van der Waals surface area contributed by atoms with Gasteiger partial charge < -0.3 is 9.64 Å². The summed E-state index contributed by atoms with van der Waals surface area (Å²) in [5.41, 5.74) is 0.608. The molecular weight excluding hydrogens is 298 g/mol. The van der Waals surface area contributed by atoms with E-state index in [1.807, 2.05) is 0 Å². The quantitative estimate of drug-likeness (QED) is 0.824. The monoisotopic (exact) mass is 319 g/mol. The van der Waals surface area contributed by atoms with Crippen molar-refractivity contribution in [3.8, 4) is 5.75 Å². The third-order valence-corrected chi connectivity index (χ3v) is 5.99. The molecule has 2 aliphatic carbocycles. The Morgan fingerprint density at radius 1 is 1.14 bits per heavy atom. The van der Waals surface area contributed by atoms with Crippen molar-refractivity contribution in [3.05, 3.63) is 28.8 Å². The normalized spacial score (nSPS) is 32.9. The fraction of sp³-hybridized carbons (Fsp3) is 0.611. The molecule has 0 aromatic heterocycles. The number of benzene rings is 1. The number of hydrogen-bond donors (Lipinski definition) is 0. The van der Waals surface area contributed by atoms with Gasteiger partial charge in [-0.25, -0.2) is 0 Å². The molecule has 4 fully saturated rings. The number of ether oxygens (including phenoxy) is 1. The maximum atomic E-state index is 13.1. The lowest BCUT2D eigenvalue weighted by molar-refractivity contribution is 0.0629. The molecule has 5 rings (SSSR count). The van der Waals surface area contributed by atoms with Crippen molar-refractivity contribution < 1.29 is 9.53 Å². The topological polar surface area (TPSA) is 29.5 Å². The molecule has 2 saturated carbocycles. The molecule has 2 atom stereocenters. The van der Waals surface area contributed by atoms with Gasteiger partial charge in [0.2, 0.25) is 0 Å². The second kappa shape index (κ2) is 5.45. The van der Waals surface area contributed by atoms with Gasteiger partial charge in [0.25, 0.3) is 5.91 Å². The second-order valence-electron chi connectivity index (χ2n) is 7.23. The van der Waals surface area contributed by atoms with E-state index in [-0.39, 0.29) is 5.91 Å². The van der Waals surface area contributed by atoms with Crippen molar-refractivity contribution >= 4 is 17.5 Å². The van der Waals surface area contributed by atoms with E-state index in [9.17, 15) is 4.79 Å². The summed E-state index contributed by atoms with van der Waals surface area (Å²) >= 11 is 6.10. The van der Waals surface area contributed by atoms with Crippen LogP contribution in [0.3, 0.4) is 0 Å². The van der Waals surface area contributed by atoms with E-state index in [0.29, 0.717) is 28.3 Å². The maximum Gasteiger partial charge on any atom is 0.257 e. The molecule has 2 aliphatic heterocycles. The molecule has 2 unspecified atom stereocenters. The van der Waals surface area contributed by atoms with Crippen LogP contribution in [0.5, 0.6) is 5.75 Å². The first-order chi connectivity index (χ1) is 10.6. The van der Waals surface area contributed by atoms with E-state index < -0.39 is 0 Å². The predicted molar refractivity (Wildman–Crippen MR) is 86.4 cm³/mol. The molecule has 4 aliphatic rings. The van der Waals surface area contributed by atoms with Crippen LogP contribution < -0.4 is 4.74 Å². The Balaban J connectivity index is 1.67. The predicted octanol–water partition coefficient (Wildman–Crippen LogP) is 4.00. The number of fused-ring (bicyclic) bond motifs is 1. The molecule has 3 nitrogen and oxygen atoms in total. The maximum absolute atomic E-state index is 13.1. The van der Waals surface area contributed by atoms with Crippen LogP contribution in [0.1, 0.15) is 42.5 Å². The number of hydrogen-bond acceptors (Lipinski definition) is 2. The van der Waals surface area contributed by atoms with Crippen LogP contribution in [-0.4, -0.2) is 30.5 Å². The van der Waals surface area contributed by atoms with Gasteiger partial charge in [0.05, 0.1) is 12.7 Å². The summed E-state index contributed by atoms with van der Waals surface area (Å²) in [5.74, 6) is 3.07. The van der Waals surface area contributed by atoms with Crippen molar-refractivity contribution in [2.75, 3.05) is 13.7 Å². The highest BCUT2D eigenvalue weighted by Crippen LogP contribution is 2.48. The van der Waals surface area contributed by atoms with Gasteiger partial charge in [-0.2, -0.15) is 0 Å². The summed E-state index contributed by atoms with van der Waals surface area (Å²) in [7, 11) is 1.61. The zero-order valence-corrected chi connectivity index (χ0v) is 13.7. The van der Waals surface area contributed by atoms with Crippen molar-refractivity contribution in [3.63, 3.8) is 0 Å². The average molecular weight is 320 g/mol. The Morgan fingerprint density at radius 2 is 1.82 bits per heavy atom. The molecule has 0 N–H and O–H groups in total. The molecule has 4 bridgehead atoms. The summed E-state index contributed by atoms with van der Waals surface area (Å²) < 4.78 is 5.38. The largest absolute Gasteiger partial charge is 0.496 e. The number of methoxy groups -OCH3 is 1. The second-order valence-corrected chi connectivity index (χ2v) is 7.67. The lowest BCUT2D eigenvalue weighted by Crippen LogP contribution is -2.42. The third kappa shape index (κ3) is 2.40. The number of carbonyl (C=O) groups excluding carboxylic acids is 1. The molecule has 1 amide bonds. The number of rotatable bonds is 2. The Labute approximate surface area is 136 Å². The summed E-state index contributed by atoms with van der Waals surface area (Å²) in [5, 5.41) is 0.588. The van der Waals surface area contributed by atoms with Gasteiger partial charge in [-0.05, 0) is 68.1 Å². The van der Waals surface area contributed by atoms with Crippen molar-refractivity contribution in [2.24, 2.45) is 17.8 Å². The van der Waals surface area contributed by atoms with Crippen LogP contribution in [-0.2, 0) is 0 Å². The number of nitrogens with zero attached hydrogens (tertiary/aromatic N) is 1. The molecule has 118 valence electrons. The Bertz CT molecular complexity index is 589. The fourth-order valence-corrected chi connectivity index (χ4v) is 5.21. The molecule has 22 heavy (non-hydrogen) atoms. The summed E-state index contributed by atoms with van der Waals surface area (Å²) in [6.07, 6.45) is 6.37. The van der Waals surface area contributed by atoms with Crippen LogP contribution in [0.4, 0.5) is 0 Å². The molecule has 2 heterocycles. The highest BCUT2D eigenvalue weighted by Gasteiger charge is 2.44. The number of carbonyl (C=O) groups is 1. The van der Waals surface area contributed by atoms with E-state index in [1.54, 1.807) is 25.3 Å². The minimum atomic E-state index is 0.0950. The van der Waals surface area contributed by atoms with E-state index in [0.717, 1.165) is 18.4 Å². The first-order valence-corrected chi connectivity index (χ1v) is 8.66. The lowest BCUT2D eigenvalue weighted by atomic mass is 9.68. The minimum Gasteiger partial charge on any atom is -0.496 e. The highest BCUT2D eigenvalue weighted by atomic mass is 35.5. The first-order valence-electron chi connectivity index (χ1n) is 8.28. The van der Waals surface area contributed by atoms with Gasteiger partial charge in [0.1, 0.15) is 5.75 Å². The van der Waals surface area contributed by atoms with Crippen molar-refractivity contribution in [1.29, 1.82) is 0 Å². The SMILES string of the molecule is COc1ccc(Cl)cc1C(=O)N1CC2CC3CC(C2)CC1C3. The van der Waals surface area contributed by atoms with Gasteiger partial charge in [-0.15, -0.1) is 0 Å². The number of halogens is 1. The van der Waals surface area contributed by atoms with Gasteiger partial charge in [-0.3, -0.25) is 4.79 Å². The first kappa shape index (κ1) is 14.4. The van der Waals surface area contributed by atoms with Crippen molar-refractivity contribution in [1.82, 2.24) is 4.90 Å². The zero-order chi connectivity index (χ0) is 15.3. The Kier molecular flexibility index (Phi) is 3.56. The molecule has 4 heteroatoms. The summed E-state index contributed by atoms with van der Waals surface area (Å²) in [6, 6.07) is 5.72. The summed E-state index contributed by atoms with van der Waals surface area (Å²) in [4.78, 5) is 15.3. The molecular formula is C18H22ClNO2. The van der Waals surface area contributed by atoms with Gasteiger partial charge in [0, 0.05) is 17.6 Å². The molecule has 0 spiro atoms. The number of amides is 1. The van der Waals surface area contributed by atoms with E-state index >= 15 is 0 Å². The molecule has 1 aromatic carbocycles. The average Bonchev–Trinajstić information content (AvgIpc) is 2.70. The molecule has 0 radical (unpaired) electrons. The highest BCUT2D eigenvalue weighted by molar-refractivity contribution is 6.31. The zero-order valence-electron chi connectivity index (χ0n) is 12.9. The Hall–Kier alpha value is -1.22. The van der Waals surface area contributed by atoms with E-state index in [2.05, 4.69) is 4.90 Å². The fourth-order valence-electron chi connectivity index (χ4n) is 5.04. The van der Waals surface area contributed by atoms with Crippen LogP contribution >= 0.6 is 11.6 Å². The van der Waals surface area contributed by atoms with Gasteiger partial charge in [-0.1, -0.05) is 11.6 Å². The van der Waals surface area contributed by atoms with E-state index in [4.69, 9.17) is 16.3 Å². The minimum absolute atomic E-state index is 0.0950. The van der Waals surface area contributed by atoms with Crippen LogP contribution in [0.2, 0.25) is 5.02 Å². The van der Waals surface area contributed by atoms with E-state index in [1.165, 1.54) is 32.1 Å². The van der Waals surface area contributed by atoms with Crippen LogP contribution in [0.25, 0.3) is 0 Å². The summed E-state index contributed by atoms with van der Waals surface area (Å²) in [6.45, 7) is 0.909. The lowest BCUT2D eigenvalue weighted by Gasteiger charge is -2.39. The third-order valence-electron chi connectivity index (χ3n) is 5.76. The van der Waals surface area contributed by atoms with Gasteiger partial charge >= 0.3 is 0 Å². The van der Waals surface area contributed by atoms with Gasteiger partial charge in [0.15, 0.2) is 0 Å². The molecule has 2 saturated heterocycles. The van der Waals surface area contributed by atoms with Crippen LogP contribution in [0.15, 0.2) is 18.2 Å².